The van der Waals surface area contributed by atoms with Gasteiger partial charge in [-0.2, -0.15) is 0 Å². The zero-order valence-electron chi connectivity index (χ0n) is 23.5. The van der Waals surface area contributed by atoms with Crippen molar-refractivity contribution in [1.82, 2.24) is 4.90 Å². The Balaban J connectivity index is 1.42. The molecular formula is C30H51NO3. The third-order valence-electron chi connectivity index (χ3n) is 12.9. The number of hydrogen-bond donors (Lipinski definition) is 1. The molecule has 0 aromatic heterocycles. The Morgan fingerprint density at radius 1 is 0.971 bits per heavy atom. The van der Waals surface area contributed by atoms with Crippen molar-refractivity contribution >= 4 is 6.09 Å². The van der Waals surface area contributed by atoms with Crippen molar-refractivity contribution in [3.05, 3.63) is 0 Å². The molecule has 5 fully saturated rings. The fourth-order valence-corrected chi connectivity index (χ4v) is 11.4. The third-order valence-corrected chi connectivity index (χ3v) is 12.9. The molecule has 0 saturated heterocycles. The molecule has 5 aliphatic carbocycles. The number of carbonyl (C=O) groups excluding carboxylic acids is 1. The molecule has 34 heavy (non-hydrogen) atoms. The molecule has 1 N–H and O–H groups in total. The molecule has 5 aliphatic rings. The van der Waals surface area contributed by atoms with E-state index in [1.165, 1.54) is 38.5 Å². The molecule has 2 spiro atoms. The van der Waals surface area contributed by atoms with Gasteiger partial charge in [-0.3, -0.25) is 0 Å². The summed E-state index contributed by atoms with van der Waals surface area (Å²) in [5.41, 5.74) is 1.08. The van der Waals surface area contributed by atoms with Crippen LogP contribution >= 0.6 is 0 Å². The van der Waals surface area contributed by atoms with Crippen LogP contribution in [0.4, 0.5) is 4.79 Å². The zero-order chi connectivity index (χ0) is 25.1. The molecule has 0 aromatic rings. The summed E-state index contributed by atoms with van der Waals surface area (Å²) in [6.45, 7) is 18.1. The number of nitrogens with zero attached hydrogens (tertiary/aromatic N) is 1. The van der Waals surface area contributed by atoms with Gasteiger partial charge in [0.2, 0.25) is 0 Å². The second-order valence-electron chi connectivity index (χ2n) is 15.3. The number of aliphatic hydroxyl groups excluding tert-OH is 1. The van der Waals surface area contributed by atoms with Crippen molar-refractivity contribution in [3.63, 3.8) is 0 Å². The van der Waals surface area contributed by atoms with E-state index in [0.717, 1.165) is 25.2 Å². The lowest BCUT2D eigenvalue weighted by Crippen LogP contribution is -2.60. The van der Waals surface area contributed by atoms with Crippen LogP contribution in [-0.2, 0) is 4.74 Å². The highest BCUT2D eigenvalue weighted by Gasteiger charge is 2.82. The molecule has 1 amide bonds. The molecule has 0 bridgehead atoms. The molecule has 0 aliphatic heterocycles. The lowest BCUT2D eigenvalue weighted by atomic mass is 9.42. The van der Waals surface area contributed by atoms with Gasteiger partial charge in [-0.1, -0.05) is 41.0 Å². The SMILES string of the molecule is CCC1[C@H](O)C[C@@]2(C)[C@@H]3CC[C@H]4C(C)(C)[C@@H](N(C)C(=O)OC(C)(C)C)CC[C@@]45C[C@@]35CC[C@]12C. The summed E-state index contributed by atoms with van der Waals surface area (Å²) in [5, 5.41) is 11.1. The summed E-state index contributed by atoms with van der Waals surface area (Å²) in [7, 11) is 1.96. The van der Waals surface area contributed by atoms with Gasteiger partial charge >= 0.3 is 6.09 Å². The van der Waals surface area contributed by atoms with Gasteiger partial charge in [0.25, 0.3) is 0 Å². The van der Waals surface area contributed by atoms with Gasteiger partial charge in [0.15, 0.2) is 0 Å². The Kier molecular flexibility index (Phi) is 5.25. The first kappa shape index (κ1) is 24.9. The van der Waals surface area contributed by atoms with Crippen molar-refractivity contribution in [3.8, 4) is 0 Å². The number of fused-ring (bicyclic) bond motifs is 2. The van der Waals surface area contributed by atoms with E-state index in [9.17, 15) is 9.90 Å². The molecule has 4 heteroatoms. The van der Waals surface area contributed by atoms with E-state index in [2.05, 4.69) is 34.6 Å². The number of carbonyl (C=O) groups is 1. The average Bonchev–Trinajstić information content (AvgIpc) is 3.31. The lowest BCUT2D eigenvalue weighted by molar-refractivity contribution is -0.149. The van der Waals surface area contributed by atoms with Gasteiger partial charge in [-0.25, -0.2) is 4.79 Å². The van der Waals surface area contributed by atoms with Crippen LogP contribution in [0.1, 0.15) is 113 Å². The quantitative estimate of drug-likeness (QED) is 0.468. The Hall–Kier alpha value is -0.770. The van der Waals surface area contributed by atoms with Gasteiger partial charge < -0.3 is 14.7 Å². The van der Waals surface area contributed by atoms with Crippen LogP contribution in [0.25, 0.3) is 0 Å². The van der Waals surface area contributed by atoms with Crippen LogP contribution < -0.4 is 0 Å². The molecule has 5 saturated carbocycles. The number of ether oxygens (including phenoxy) is 1. The molecule has 9 atom stereocenters. The van der Waals surface area contributed by atoms with Crippen LogP contribution in [0, 0.1) is 44.8 Å². The largest absolute Gasteiger partial charge is 0.444 e. The standard InChI is InChI=1S/C30H51NO3/c1-10-19-20(32)17-28(8)22-12-11-21-26(5,6)23(31(9)24(33)34-25(2,3)4)13-14-29(21)18-30(22,29)16-15-27(19,28)7/h19-23,32H,10-18H2,1-9H3/t19?,20-,21+,22+,23+,27-,28+,29-,30+/m1/s1. The van der Waals surface area contributed by atoms with Crippen LogP contribution in [0.3, 0.4) is 0 Å². The predicted molar refractivity (Wildman–Crippen MR) is 136 cm³/mol. The van der Waals surface area contributed by atoms with Crippen molar-refractivity contribution in [2.45, 2.75) is 131 Å². The third kappa shape index (κ3) is 2.90. The summed E-state index contributed by atoms with van der Waals surface area (Å²) in [4.78, 5) is 14.9. The highest BCUT2D eigenvalue weighted by atomic mass is 16.6. The van der Waals surface area contributed by atoms with E-state index < -0.39 is 5.60 Å². The Labute approximate surface area is 208 Å². The summed E-state index contributed by atoms with van der Waals surface area (Å²) in [5.74, 6) is 1.87. The van der Waals surface area contributed by atoms with Crippen molar-refractivity contribution < 1.29 is 14.6 Å². The van der Waals surface area contributed by atoms with E-state index in [1.54, 1.807) is 0 Å². The fourth-order valence-electron chi connectivity index (χ4n) is 11.4. The molecule has 1 unspecified atom stereocenters. The first-order valence-corrected chi connectivity index (χ1v) is 14.2. The molecule has 0 heterocycles. The van der Waals surface area contributed by atoms with Crippen molar-refractivity contribution in [2.24, 2.45) is 44.8 Å². The summed E-state index contributed by atoms with van der Waals surface area (Å²) >= 11 is 0. The van der Waals surface area contributed by atoms with Crippen LogP contribution in [0.2, 0.25) is 0 Å². The maximum Gasteiger partial charge on any atom is 0.410 e. The van der Waals surface area contributed by atoms with Gasteiger partial charge in [0, 0.05) is 13.1 Å². The number of hydrogen-bond acceptors (Lipinski definition) is 3. The normalized spacial score (nSPS) is 50.9. The van der Waals surface area contributed by atoms with E-state index in [0.29, 0.717) is 22.7 Å². The number of rotatable bonds is 2. The minimum absolute atomic E-state index is 0.0845. The Morgan fingerprint density at radius 2 is 1.59 bits per heavy atom. The first-order chi connectivity index (χ1) is 15.6. The molecular weight excluding hydrogens is 422 g/mol. The smallest absolute Gasteiger partial charge is 0.410 e. The molecule has 0 radical (unpaired) electrons. The van der Waals surface area contributed by atoms with Gasteiger partial charge in [-0.05, 0) is 117 Å². The minimum atomic E-state index is -0.462. The van der Waals surface area contributed by atoms with Crippen LogP contribution in [0.5, 0.6) is 0 Å². The minimum Gasteiger partial charge on any atom is -0.444 e. The predicted octanol–water partition coefficient (Wildman–Crippen LogP) is 7.04. The van der Waals surface area contributed by atoms with E-state index in [4.69, 9.17) is 4.74 Å². The monoisotopic (exact) mass is 473 g/mol. The topological polar surface area (TPSA) is 49.8 Å². The van der Waals surface area contributed by atoms with Gasteiger partial charge in [-0.15, -0.1) is 0 Å². The lowest BCUT2D eigenvalue weighted by Gasteiger charge is -2.63. The average molecular weight is 474 g/mol. The van der Waals surface area contributed by atoms with E-state index in [-0.39, 0.29) is 34.5 Å². The molecule has 194 valence electrons. The van der Waals surface area contributed by atoms with E-state index in [1.807, 2.05) is 32.7 Å². The highest BCUT2D eigenvalue weighted by Crippen LogP contribution is 2.89. The second-order valence-corrected chi connectivity index (χ2v) is 15.3. The van der Waals surface area contributed by atoms with Crippen LogP contribution in [0.15, 0.2) is 0 Å². The highest BCUT2D eigenvalue weighted by molar-refractivity contribution is 5.68. The second kappa shape index (κ2) is 7.17. The maximum atomic E-state index is 13.0. The Bertz CT molecular complexity index is 862. The summed E-state index contributed by atoms with van der Waals surface area (Å²) in [6, 6.07) is 0.231. The van der Waals surface area contributed by atoms with Gasteiger partial charge in [0.1, 0.15) is 5.60 Å². The maximum absolute atomic E-state index is 13.0. The molecule has 4 nitrogen and oxygen atoms in total. The number of amides is 1. The van der Waals surface area contributed by atoms with Crippen molar-refractivity contribution in [1.29, 1.82) is 0 Å². The fraction of sp³-hybridized carbons (Fsp3) is 0.967. The summed E-state index contributed by atoms with van der Waals surface area (Å²) < 4.78 is 5.77. The van der Waals surface area contributed by atoms with E-state index >= 15 is 0 Å². The van der Waals surface area contributed by atoms with Crippen LogP contribution in [-0.4, -0.2) is 40.9 Å². The van der Waals surface area contributed by atoms with Gasteiger partial charge in [0.05, 0.1) is 6.10 Å². The molecule has 0 aromatic carbocycles. The summed E-state index contributed by atoms with van der Waals surface area (Å²) in [6.07, 6.45) is 10.7. The zero-order valence-corrected chi connectivity index (χ0v) is 23.5. The van der Waals surface area contributed by atoms with Crippen molar-refractivity contribution in [2.75, 3.05) is 7.05 Å². The molecule has 5 rings (SSSR count). The number of aliphatic hydroxyl groups is 1. The first-order valence-electron chi connectivity index (χ1n) is 14.2. The Morgan fingerprint density at radius 3 is 2.21 bits per heavy atom.